The average Bonchev–Trinajstić information content (AvgIpc) is 3.50. The van der Waals surface area contributed by atoms with Crippen molar-refractivity contribution in [3.05, 3.63) is 132 Å². The molecular formula is C38H34N2S. The lowest BCUT2D eigenvalue weighted by Gasteiger charge is -2.29. The molecule has 41 heavy (non-hydrogen) atoms. The Labute approximate surface area is 247 Å². The van der Waals surface area contributed by atoms with Crippen molar-refractivity contribution < 1.29 is 0 Å². The summed E-state index contributed by atoms with van der Waals surface area (Å²) >= 11 is 1.75. The number of hydrogen-bond acceptors (Lipinski definition) is 3. The summed E-state index contributed by atoms with van der Waals surface area (Å²) in [6, 6.07) is 42.0. The molecule has 0 saturated carbocycles. The van der Waals surface area contributed by atoms with Crippen molar-refractivity contribution >= 4 is 38.6 Å². The maximum absolute atomic E-state index is 4.96. The highest BCUT2D eigenvalue weighted by molar-refractivity contribution is 7.21. The van der Waals surface area contributed by atoms with Crippen LogP contribution in [0.25, 0.3) is 31.9 Å². The van der Waals surface area contributed by atoms with Crippen molar-refractivity contribution in [2.75, 3.05) is 4.90 Å². The fourth-order valence-corrected chi connectivity index (χ4v) is 7.15. The van der Waals surface area contributed by atoms with E-state index in [1.165, 1.54) is 38.2 Å². The van der Waals surface area contributed by atoms with Crippen LogP contribution in [-0.2, 0) is 10.8 Å². The molecule has 5 aromatic carbocycles. The third-order valence-corrected chi connectivity index (χ3v) is 9.54. The van der Waals surface area contributed by atoms with Gasteiger partial charge in [0.1, 0.15) is 5.01 Å². The zero-order chi connectivity index (χ0) is 28.4. The highest BCUT2D eigenvalue weighted by atomic mass is 32.1. The van der Waals surface area contributed by atoms with Crippen LogP contribution in [0.1, 0.15) is 51.3 Å². The Morgan fingerprint density at radius 1 is 0.634 bits per heavy atom. The molecule has 0 saturated heterocycles. The van der Waals surface area contributed by atoms with E-state index in [0.717, 1.165) is 27.5 Å². The first-order chi connectivity index (χ1) is 19.7. The Balaban J connectivity index is 1.38. The fourth-order valence-electron chi connectivity index (χ4n) is 6.15. The molecule has 202 valence electrons. The number of rotatable bonds is 4. The molecule has 0 bridgehead atoms. The van der Waals surface area contributed by atoms with Crippen LogP contribution in [0.4, 0.5) is 17.1 Å². The average molecular weight is 551 g/mol. The van der Waals surface area contributed by atoms with Crippen LogP contribution in [0.3, 0.4) is 0 Å². The Kier molecular flexibility index (Phi) is 5.92. The number of benzene rings is 5. The number of hydrogen-bond donors (Lipinski definition) is 0. The highest BCUT2D eigenvalue weighted by Crippen LogP contribution is 2.50. The van der Waals surface area contributed by atoms with Crippen molar-refractivity contribution in [3.63, 3.8) is 0 Å². The largest absolute Gasteiger partial charge is 0.310 e. The van der Waals surface area contributed by atoms with Crippen molar-refractivity contribution in [2.45, 2.75) is 45.4 Å². The lowest BCUT2D eigenvalue weighted by molar-refractivity contribution is 0.590. The van der Waals surface area contributed by atoms with Crippen LogP contribution >= 0.6 is 11.3 Å². The van der Waals surface area contributed by atoms with E-state index in [1.54, 1.807) is 11.3 Å². The van der Waals surface area contributed by atoms with E-state index >= 15 is 0 Å². The number of fused-ring (bicyclic) bond motifs is 4. The summed E-state index contributed by atoms with van der Waals surface area (Å²) in [5, 5.41) is 1.05. The minimum Gasteiger partial charge on any atom is -0.310 e. The number of thiazole rings is 1. The van der Waals surface area contributed by atoms with Gasteiger partial charge < -0.3 is 4.90 Å². The fraction of sp³-hybridized carbons (Fsp3) is 0.184. The molecule has 1 aliphatic rings. The van der Waals surface area contributed by atoms with Gasteiger partial charge in [-0.25, -0.2) is 4.98 Å². The second kappa shape index (κ2) is 9.43. The molecular weight excluding hydrogens is 516 g/mol. The van der Waals surface area contributed by atoms with Gasteiger partial charge in [-0.15, -0.1) is 11.3 Å². The SMILES string of the molecule is CC(C)(C)c1ccc(N(c2ccc3c(c2)C(C)(C)c2ccccc2-3)c2ccc3nc(-c4ccccc4)sc3c2)cc1. The molecule has 2 nitrogen and oxygen atoms in total. The van der Waals surface area contributed by atoms with Crippen LogP contribution in [0, 0.1) is 0 Å². The molecule has 0 aliphatic heterocycles. The molecule has 0 unspecified atom stereocenters. The van der Waals surface area contributed by atoms with Crippen LogP contribution in [0.15, 0.2) is 115 Å². The first-order valence-electron chi connectivity index (χ1n) is 14.3. The number of anilines is 3. The summed E-state index contributed by atoms with van der Waals surface area (Å²) in [6.45, 7) is 11.5. The van der Waals surface area contributed by atoms with Gasteiger partial charge in [-0.1, -0.05) is 107 Å². The zero-order valence-electron chi connectivity index (χ0n) is 24.3. The van der Waals surface area contributed by atoms with E-state index in [1.807, 2.05) is 6.07 Å². The maximum Gasteiger partial charge on any atom is 0.124 e. The Morgan fingerprint density at radius 3 is 2.02 bits per heavy atom. The maximum atomic E-state index is 4.96. The van der Waals surface area contributed by atoms with Crippen molar-refractivity contribution in [1.29, 1.82) is 0 Å². The molecule has 1 aromatic heterocycles. The van der Waals surface area contributed by atoms with E-state index in [2.05, 4.69) is 149 Å². The van der Waals surface area contributed by atoms with Gasteiger partial charge in [-0.05, 0) is 75.7 Å². The molecule has 3 heteroatoms. The molecule has 0 atom stereocenters. The molecule has 0 amide bonds. The molecule has 6 aromatic rings. The third-order valence-electron chi connectivity index (χ3n) is 8.47. The van der Waals surface area contributed by atoms with E-state index in [9.17, 15) is 0 Å². The van der Waals surface area contributed by atoms with Gasteiger partial charge in [0.2, 0.25) is 0 Å². The van der Waals surface area contributed by atoms with Gasteiger partial charge in [0, 0.05) is 28.0 Å². The molecule has 0 N–H and O–H groups in total. The van der Waals surface area contributed by atoms with E-state index in [-0.39, 0.29) is 10.8 Å². The van der Waals surface area contributed by atoms with Gasteiger partial charge in [-0.3, -0.25) is 0 Å². The zero-order valence-corrected chi connectivity index (χ0v) is 25.1. The first kappa shape index (κ1) is 25.7. The van der Waals surface area contributed by atoms with Crippen molar-refractivity contribution in [1.82, 2.24) is 4.98 Å². The summed E-state index contributed by atoms with van der Waals surface area (Å²) in [6.07, 6.45) is 0. The number of nitrogens with zero attached hydrogens (tertiary/aromatic N) is 2. The second-order valence-electron chi connectivity index (χ2n) is 12.6. The monoisotopic (exact) mass is 550 g/mol. The summed E-state index contributed by atoms with van der Waals surface area (Å²) in [4.78, 5) is 7.35. The Bertz CT molecular complexity index is 1890. The van der Waals surface area contributed by atoms with E-state index in [0.29, 0.717) is 0 Å². The quantitative estimate of drug-likeness (QED) is 0.217. The van der Waals surface area contributed by atoms with Crippen LogP contribution < -0.4 is 4.90 Å². The molecule has 0 fully saturated rings. The van der Waals surface area contributed by atoms with Crippen LogP contribution in [-0.4, -0.2) is 4.98 Å². The minimum atomic E-state index is -0.0596. The third kappa shape index (κ3) is 4.36. The van der Waals surface area contributed by atoms with Crippen molar-refractivity contribution in [3.8, 4) is 21.7 Å². The topological polar surface area (TPSA) is 16.1 Å². The molecule has 0 spiro atoms. The molecule has 0 radical (unpaired) electrons. The predicted octanol–water partition coefficient (Wildman–Crippen LogP) is 11.0. The first-order valence-corrected chi connectivity index (χ1v) is 15.1. The minimum absolute atomic E-state index is 0.0596. The number of aromatic nitrogens is 1. The van der Waals surface area contributed by atoms with Gasteiger partial charge in [-0.2, -0.15) is 0 Å². The normalized spacial score (nSPS) is 13.7. The Hall–Kier alpha value is -4.21. The summed E-state index contributed by atoms with van der Waals surface area (Å²) in [7, 11) is 0. The lowest BCUT2D eigenvalue weighted by atomic mass is 9.82. The lowest BCUT2D eigenvalue weighted by Crippen LogP contribution is -2.17. The Morgan fingerprint density at radius 2 is 1.27 bits per heavy atom. The van der Waals surface area contributed by atoms with E-state index < -0.39 is 0 Å². The van der Waals surface area contributed by atoms with Gasteiger partial charge in [0.15, 0.2) is 0 Å². The predicted molar refractivity (Wildman–Crippen MR) is 176 cm³/mol. The van der Waals surface area contributed by atoms with E-state index in [4.69, 9.17) is 4.98 Å². The standard InChI is InChI=1S/C38H34N2S/c1-37(2,3)26-15-17-27(18-16-26)40(28-19-21-31-30-13-9-10-14-32(30)38(4,5)33(31)23-28)29-20-22-34-35(24-29)41-36(39-34)25-11-7-6-8-12-25/h6-24H,1-5H3. The van der Waals surface area contributed by atoms with Crippen molar-refractivity contribution in [2.24, 2.45) is 0 Å². The summed E-state index contributed by atoms with van der Waals surface area (Å²) in [5.41, 5.74) is 12.5. The van der Waals surface area contributed by atoms with Gasteiger partial charge in [0.05, 0.1) is 10.2 Å². The highest BCUT2D eigenvalue weighted by Gasteiger charge is 2.35. The van der Waals surface area contributed by atoms with Crippen LogP contribution in [0.5, 0.6) is 0 Å². The van der Waals surface area contributed by atoms with Crippen LogP contribution in [0.2, 0.25) is 0 Å². The smallest absolute Gasteiger partial charge is 0.124 e. The summed E-state index contributed by atoms with van der Waals surface area (Å²) in [5.74, 6) is 0. The summed E-state index contributed by atoms with van der Waals surface area (Å²) < 4.78 is 1.19. The molecule has 7 rings (SSSR count). The molecule has 1 aliphatic carbocycles. The van der Waals surface area contributed by atoms with Gasteiger partial charge >= 0.3 is 0 Å². The molecule has 1 heterocycles. The second-order valence-corrected chi connectivity index (χ2v) is 13.6. The van der Waals surface area contributed by atoms with Gasteiger partial charge in [0.25, 0.3) is 0 Å².